The van der Waals surface area contributed by atoms with Crippen molar-refractivity contribution in [2.75, 3.05) is 13.2 Å². The molecule has 1 saturated heterocycles. The summed E-state index contributed by atoms with van der Waals surface area (Å²) in [5.74, 6) is 0.265. The van der Waals surface area contributed by atoms with Crippen molar-refractivity contribution in [3.05, 3.63) is 89.4 Å². The lowest BCUT2D eigenvalue weighted by molar-refractivity contribution is 0.0858. The van der Waals surface area contributed by atoms with Gasteiger partial charge in [0.1, 0.15) is 11.3 Å². The highest BCUT2D eigenvalue weighted by Gasteiger charge is 2.17. The molecule has 4 aromatic rings. The molecule has 1 unspecified atom stereocenters. The summed E-state index contributed by atoms with van der Waals surface area (Å²) in [4.78, 5) is 21.8. The average Bonchev–Trinajstić information content (AvgIpc) is 3.50. The van der Waals surface area contributed by atoms with Crippen LogP contribution < -0.4 is 5.32 Å². The molecule has 1 amide bonds. The Balaban J connectivity index is 1.30. The van der Waals surface area contributed by atoms with Crippen molar-refractivity contribution in [3.63, 3.8) is 0 Å². The number of carbonyl (C=O) groups excluding carboxylic acids is 1. The molecule has 1 aliphatic rings. The molecule has 1 aliphatic heterocycles. The van der Waals surface area contributed by atoms with Crippen LogP contribution in [0.5, 0.6) is 0 Å². The maximum atomic E-state index is 13.6. The number of imidazole rings is 1. The van der Waals surface area contributed by atoms with Gasteiger partial charge in [-0.3, -0.25) is 9.36 Å². The molecule has 5 rings (SSSR count). The third-order valence-corrected chi connectivity index (χ3v) is 6.84. The first-order valence-electron chi connectivity index (χ1n) is 11.3. The predicted molar refractivity (Wildman–Crippen MR) is 130 cm³/mol. The van der Waals surface area contributed by atoms with Gasteiger partial charge in [0.05, 0.1) is 12.6 Å². The summed E-state index contributed by atoms with van der Waals surface area (Å²) in [5, 5.41) is 3.77. The van der Waals surface area contributed by atoms with Crippen LogP contribution in [0.3, 0.4) is 0 Å². The number of halogens is 1. The zero-order valence-electron chi connectivity index (χ0n) is 18.6. The summed E-state index contributed by atoms with van der Waals surface area (Å²) in [7, 11) is 0. The number of nitrogens with one attached hydrogen (secondary N) is 1. The number of hydrogen-bond acceptors (Lipinski definition) is 5. The first-order valence-corrected chi connectivity index (χ1v) is 12.3. The minimum Gasteiger partial charge on any atom is -0.376 e. The first kappa shape index (κ1) is 22.6. The van der Waals surface area contributed by atoms with Crippen LogP contribution in [0.1, 0.15) is 34.3 Å². The molecule has 0 spiro atoms. The van der Waals surface area contributed by atoms with Gasteiger partial charge in [0.2, 0.25) is 0 Å². The molecule has 174 valence electrons. The molecule has 0 bridgehead atoms. The fourth-order valence-corrected chi connectivity index (χ4v) is 4.97. The van der Waals surface area contributed by atoms with Crippen molar-refractivity contribution >= 4 is 28.8 Å². The number of ether oxygens (including phenoxy) is 1. The van der Waals surface area contributed by atoms with E-state index in [1.165, 1.54) is 6.07 Å². The molecule has 2 aromatic carbocycles. The van der Waals surface area contributed by atoms with E-state index in [0.29, 0.717) is 24.4 Å². The highest BCUT2D eigenvalue weighted by Crippen LogP contribution is 2.27. The summed E-state index contributed by atoms with van der Waals surface area (Å²) in [5.41, 5.74) is 4.16. The third kappa shape index (κ3) is 5.29. The number of fused-ring (bicyclic) bond motifs is 1. The Bertz CT molecular complexity index is 1290. The largest absolute Gasteiger partial charge is 0.376 e. The number of carbonyl (C=O) groups is 1. The van der Waals surface area contributed by atoms with Crippen LogP contribution in [0, 0.1) is 5.82 Å². The van der Waals surface area contributed by atoms with E-state index in [4.69, 9.17) is 9.72 Å². The lowest BCUT2D eigenvalue weighted by Gasteiger charge is -2.12. The van der Waals surface area contributed by atoms with E-state index in [2.05, 4.69) is 14.9 Å². The highest BCUT2D eigenvalue weighted by atomic mass is 32.2. The lowest BCUT2D eigenvalue weighted by Crippen LogP contribution is -2.31. The topological polar surface area (TPSA) is 69.0 Å². The van der Waals surface area contributed by atoms with Crippen molar-refractivity contribution in [1.29, 1.82) is 0 Å². The second-order valence-corrected chi connectivity index (χ2v) is 9.23. The van der Waals surface area contributed by atoms with Gasteiger partial charge in [0.25, 0.3) is 5.91 Å². The molecule has 1 fully saturated rings. The van der Waals surface area contributed by atoms with E-state index < -0.39 is 0 Å². The van der Waals surface area contributed by atoms with Crippen molar-refractivity contribution in [2.24, 2.45) is 0 Å². The third-order valence-electron chi connectivity index (χ3n) is 5.80. The molecule has 0 saturated carbocycles. The second kappa shape index (κ2) is 10.4. The smallest absolute Gasteiger partial charge is 0.251 e. The van der Waals surface area contributed by atoms with Crippen LogP contribution in [-0.4, -0.2) is 39.7 Å². The van der Waals surface area contributed by atoms with E-state index in [9.17, 15) is 9.18 Å². The van der Waals surface area contributed by atoms with Crippen LogP contribution >= 0.6 is 11.8 Å². The molecular weight excluding hydrogens is 451 g/mol. The van der Waals surface area contributed by atoms with Gasteiger partial charge in [-0.05, 0) is 60.4 Å². The summed E-state index contributed by atoms with van der Waals surface area (Å²) in [6.45, 7) is 1.88. The fraction of sp³-hybridized carbons (Fsp3) is 0.269. The number of benzene rings is 2. The molecule has 0 aliphatic carbocycles. The summed E-state index contributed by atoms with van der Waals surface area (Å²) >= 11 is 1.55. The Hall–Kier alpha value is -3.23. The van der Waals surface area contributed by atoms with Crippen LogP contribution in [0.15, 0.2) is 72.0 Å². The monoisotopic (exact) mass is 476 g/mol. The molecular formula is C26H25FN4O2S. The Kier molecular flexibility index (Phi) is 6.87. The SMILES string of the molecule is O=C(NCC1CCCO1)c1ccc(Cn2c(SCc3cccc(F)c3)nc3cccnc32)cc1. The van der Waals surface area contributed by atoms with E-state index in [0.717, 1.165) is 46.9 Å². The number of nitrogens with zero attached hydrogens (tertiary/aromatic N) is 3. The van der Waals surface area contributed by atoms with Crippen molar-refractivity contribution in [1.82, 2.24) is 19.9 Å². The Morgan fingerprint density at radius 2 is 2.03 bits per heavy atom. The van der Waals surface area contributed by atoms with Crippen molar-refractivity contribution < 1.29 is 13.9 Å². The number of amides is 1. The Labute approximate surface area is 201 Å². The Morgan fingerprint density at radius 1 is 1.15 bits per heavy atom. The van der Waals surface area contributed by atoms with E-state index in [-0.39, 0.29) is 17.8 Å². The van der Waals surface area contributed by atoms with Gasteiger partial charge in [0.15, 0.2) is 10.8 Å². The minimum atomic E-state index is -0.242. The van der Waals surface area contributed by atoms with Gasteiger partial charge in [-0.2, -0.15) is 0 Å². The first-order chi connectivity index (χ1) is 16.7. The average molecular weight is 477 g/mol. The van der Waals surface area contributed by atoms with Gasteiger partial charge < -0.3 is 10.1 Å². The van der Waals surface area contributed by atoms with Gasteiger partial charge in [0, 0.05) is 30.7 Å². The van der Waals surface area contributed by atoms with E-state index in [1.54, 1.807) is 30.1 Å². The molecule has 1 atom stereocenters. The maximum Gasteiger partial charge on any atom is 0.251 e. The van der Waals surface area contributed by atoms with Crippen LogP contribution in [0.25, 0.3) is 11.2 Å². The highest BCUT2D eigenvalue weighted by molar-refractivity contribution is 7.98. The summed E-state index contributed by atoms with van der Waals surface area (Å²) in [6.07, 6.45) is 3.91. The van der Waals surface area contributed by atoms with Crippen molar-refractivity contribution in [3.8, 4) is 0 Å². The number of rotatable bonds is 8. The fourth-order valence-electron chi connectivity index (χ4n) is 4.02. The number of thioether (sulfide) groups is 1. The zero-order valence-corrected chi connectivity index (χ0v) is 19.4. The minimum absolute atomic E-state index is 0.0943. The summed E-state index contributed by atoms with van der Waals surface area (Å²) < 4.78 is 21.2. The molecule has 8 heteroatoms. The number of pyridine rings is 1. The molecule has 2 aromatic heterocycles. The predicted octanol–water partition coefficient (Wildman–Crippen LogP) is 4.82. The van der Waals surface area contributed by atoms with Gasteiger partial charge in [-0.25, -0.2) is 14.4 Å². The van der Waals surface area contributed by atoms with Crippen molar-refractivity contribution in [2.45, 2.75) is 36.4 Å². The summed E-state index contributed by atoms with van der Waals surface area (Å²) in [6, 6.07) is 18.0. The van der Waals surface area contributed by atoms with Crippen LogP contribution in [0.2, 0.25) is 0 Å². The molecule has 34 heavy (non-hydrogen) atoms. The lowest BCUT2D eigenvalue weighted by atomic mass is 10.1. The van der Waals surface area contributed by atoms with E-state index >= 15 is 0 Å². The van der Waals surface area contributed by atoms with Crippen LogP contribution in [0.4, 0.5) is 4.39 Å². The van der Waals surface area contributed by atoms with Crippen LogP contribution in [-0.2, 0) is 17.0 Å². The standard InChI is InChI=1S/C26H25FN4O2S/c27-21-5-1-4-19(14-21)17-34-26-30-23-7-2-12-28-24(23)31(26)16-18-8-10-20(11-9-18)25(32)29-15-22-6-3-13-33-22/h1-2,4-5,7-12,14,22H,3,6,13,15-17H2,(H,29,32). The second-order valence-electron chi connectivity index (χ2n) is 8.29. The zero-order chi connectivity index (χ0) is 23.3. The van der Waals surface area contributed by atoms with Gasteiger partial charge in [-0.15, -0.1) is 0 Å². The maximum absolute atomic E-state index is 13.6. The molecule has 0 radical (unpaired) electrons. The van der Waals surface area contributed by atoms with Gasteiger partial charge in [-0.1, -0.05) is 36.0 Å². The molecule has 6 nitrogen and oxygen atoms in total. The van der Waals surface area contributed by atoms with Gasteiger partial charge >= 0.3 is 0 Å². The normalized spacial score (nSPS) is 15.6. The number of aromatic nitrogens is 3. The molecule has 1 N–H and O–H groups in total. The quantitative estimate of drug-likeness (QED) is 0.369. The van der Waals surface area contributed by atoms with E-state index in [1.807, 2.05) is 42.5 Å². The molecule has 3 heterocycles. The number of hydrogen-bond donors (Lipinski definition) is 1. The Morgan fingerprint density at radius 3 is 2.82 bits per heavy atom.